The van der Waals surface area contributed by atoms with Crippen LogP contribution in [0.2, 0.25) is 0 Å². The summed E-state index contributed by atoms with van der Waals surface area (Å²) < 4.78 is 0. The molecule has 3 aromatic rings. The lowest BCUT2D eigenvalue weighted by molar-refractivity contribution is -0.119. The molecule has 0 atom stereocenters. The topological polar surface area (TPSA) is 58.1 Å². The molecule has 3 heterocycles. The van der Waals surface area contributed by atoms with Crippen molar-refractivity contribution in [1.29, 1.82) is 0 Å². The predicted octanol–water partition coefficient (Wildman–Crippen LogP) is 4.38. The number of fused-ring (bicyclic) bond motifs is 1. The number of carbonyl (C=O) groups excluding carboxylic acids is 1. The highest BCUT2D eigenvalue weighted by Crippen LogP contribution is 2.29. The van der Waals surface area contributed by atoms with Gasteiger partial charge in [-0.05, 0) is 43.0 Å². The van der Waals surface area contributed by atoms with E-state index >= 15 is 0 Å². The molecule has 0 aliphatic carbocycles. The Morgan fingerprint density at radius 2 is 2.15 bits per heavy atom. The summed E-state index contributed by atoms with van der Waals surface area (Å²) >= 11 is 1.72. The molecule has 2 aromatic heterocycles. The van der Waals surface area contributed by atoms with E-state index in [1.54, 1.807) is 17.7 Å². The number of rotatable bonds is 5. The van der Waals surface area contributed by atoms with Gasteiger partial charge < -0.3 is 10.2 Å². The third kappa shape index (κ3) is 3.42. The molecule has 0 bridgehead atoms. The molecule has 4 rings (SSSR count). The normalized spacial score (nSPS) is 14.8. The van der Waals surface area contributed by atoms with E-state index in [4.69, 9.17) is 0 Å². The molecule has 1 amide bonds. The minimum absolute atomic E-state index is 0.226. The van der Waals surface area contributed by atoms with Crippen LogP contribution in [0.3, 0.4) is 0 Å². The number of nitrogens with one attached hydrogen (secondary N) is 1. The molecule has 1 saturated heterocycles. The fourth-order valence-electron chi connectivity index (χ4n) is 3.32. The zero-order valence-corrected chi connectivity index (χ0v) is 15.7. The number of benzene rings is 1. The van der Waals surface area contributed by atoms with Crippen LogP contribution in [0.25, 0.3) is 10.2 Å². The molecule has 6 heteroatoms. The third-order valence-electron chi connectivity index (χ3n) is 4.73. The summed E-state index contributed by atoms with van der Waals surface area (Å²) in [6, 6.07) is 10.4. The molecule has 0 unspecified atom stereocenters. The standard InChI is InChI=1S/C20H22N4OS/c1-2-16-11-17-19(22-13-23-20(17)26-16)21-12-14-6-5-7-15(10-14)24-9-4-3-8-18(24)25/h5-7,10-11,13H,2-4,8-9,12H2,1H3,(H,21,22,23). The van der Waals surface area contributed by atoms with Crippen LogP contribution in [0.1, 0.15) is 36.6 Å². The maximum absolute atomic E-state index is 12.2. The van der Waals surface area contributed by atoms with E-state index in [1.165, 1.54) is 4.88 Å². The molecule has 0 saturated carbocycles. The summed E-state index contributed by atoms with van der Waals surface area (Å²) in [7, 11) is 0. The molecule has 5 nitrogen and oxygen atoms in total. The summed E-state index contributed by atoms with van der Waals surface area (Å²) in [5.74, 6) is 1.09. The Labute approximate surface area is 157 Å². The average Bonchev–Trinajstić information content (AvgIpc) is 3.11. The quantitative estimate of drug-likeness (QED) is 0.728. The first-order chi connectivity index (χ1) is 12.7. The highest BCUT2D eigenvalue weighted by molar-refractivity contribution is 7.18. The van der Waals surface area contributed by atoms with Crippen molar-refractivity contribution in [3.63, 3.8) is 0 Å². The molecule has 1 aliphatic heterocycles. The molecular weight excluding hydrogens is 344 g/mol. The monoisotopic (exact) mass is 366 g/mol. The van der Waals surface area contributed by atoms with Gasteiger partial charge in [0.15, 0.2) is 0 Å². The first-order valence-corrected chi connectivity index (χ1v) is 9.93. The van der Waals surface area contributed by atoms with Gasteiger partial charge in [0.25, 0.3) is 0 Å². The van der Waals surface area contributed by atoms with Gasteiger partial charge in [-0.1, -0.05) is 19.1 Å². The van der Waals surface area contributed by atoms with Crippen LogP contribution in [-0.2, 0) is 17.8 Å². The van der Waals surface area contributed by atoms with Crippen molar-refractivity contribution in [3.05, 3.63) is 47.1 Å². The fraction of sp³-hybridized carbons (Fsp3) is 0.350. The minimum atomic E-state index is 0.226. The van der Waals surface area contributed by atoms with E-state index in [1.807, 2.05) is 17.0 Å². The molecule has 134 valence electrons. The summed E-state index contributed by atoms with van der Waals surface area (Å²) in [6.45, 7) is 3.63. The Kier molecular flexibility index (Phi) is 4.84. The number of amides is 1. The van der Waals surface area contributed by atoms with E-state index in [-0.39, 0.29) is 5.91 Å². The van der Waals surface area contributed by atoms with Crippen LogP contribution in [-0.4, -0.2) is 22.4 Å². The highest BCUT2D eigenvalue weighted by atomic mass is 32.1. The number of piperidine rings is 1. The summed E-state index contributed by atoms with van der Waals surface area (Å²) in [6.07, 6.45) is 5.35. The number of aromatic nitrogens is 2. The second-order valence-electron chi connectivity index (χ2n) is 6.53. The van der Waals surface area contributed by atoms with Crippen molar-refractivity contribution in [3.8, 4) is 0 Å². The van der Waals surface area contributed by atoms with E-state index in [0.717, 1.165) is 53.1 Å². The Morgan fingerprint density at radius 3 is 3.00 bits per heavy atom. The van der Waals surface area contributed by atoms with Gasteiger partial charge in [-0.15, -0.1) is 11.3 Å². The Balaban J connectivity index is 1.52. The number of aryl methyl sites for hydroxylation is 1. The number of anilines is 2. The van der Waals surface area contributed by atoms with Crippen LogP contribution in [0.15, 0.2) is 36.7 Å². The lowest BCUT2D eigenvalue weighted by atomic mass is 10.1. The van der Waals surface area contributed by atoms with Gasteiger partial charge in [0, 0.05) is 30.1 Å². The minimum Gasteiger partial charge on any atom is -0.365 e. The lowest BCUT2D eigenvalue weighted by Gasteiger charge is -2.27. The molecule has 1 aliphatic rings. The van der Waals surface area contributed by atoms with Gasteiger partial charge in [-0.2, -0.15) is 0 Å². The second kappa shape index (κ2) is 7.41. The van der Waals surface area contributed by atoms with Gasteiger partial charge in [0.2, 0.25) is 5.91 Å². The number of hydrogen-bond acceptors (Lipinski definition) is 5. The van der Waals surface area contributed by atoms with Crippen molar-refractivity contribution in [2.24, 2.45) is 0 Å². The molecule has 0 radical (unpaired) electrons. The number of thiophene rings is 1. The number of nitrogens with zero attached hydrogens (tertiary/aromatic N) is 3. The number of carbonyl (C=O) groups is 1. The largest absolute Gasteiger partial charge is 0.365 e. The van der Waals surface area contributed by atoms with Gasteiger partial charge >= 0.3 is 0 Å². The maximum atomic E-state index is 12.2. The Morgan fingerprint density at radius 1 is 1.23 bits per heavy atom. The SMILES string of the molecule is CCc1cc2c(NCc3cccc(N4CCCCC4=O)c3)ncnc2s1. The van der Waals surface area contributed by atoms with Crippen molar-refractivity contribution in [2.45, 2.75) is 39.2 Å². The number of hydrogen-bond donors (Lipinski definition) is 1. The molecule has 1 fully saturated rings. The first kappa shape index (κ1) is 17.0. The zero-order valence-electron chi connectivity index (χ0n) is 14.9. The van der Waals surface area contributed by atoms with E-state index in [2.05, 4.69) is 40.4 Å². The summed E-state index contributed by atoms with van der Waals surface area (Å²) in [4.78, 5) is 25.2. The van der Waals surface area contributed by atoms with E-state index < -0.39 is 0 Å². The third-order valence-corrected chi connectivity index (χ3v) is 5.92. The maximum Gasteiger partial charge on any atom is 0.226 e. The molecule has 26 heavy (non-hydrogen) atoms. The molecule has 0 spiro atoms. The van der Waals surface area contributed by atoms with Gasteiger partial charge in [0.1, 0.15) is 17.0 Å². The van der Waals surface area contributed by atoms with Crippen LogP contribution in [0, 0.1) is 0 Å². The van der Waals surface area contributed by atoms with Crippen molar-refractivity contribution in [2.75, 3.05) is 16.8 Å². The highest BCUT2D eigenvalue weighted by Gasteiger charge is 2.19. The van der Waals surface area contributed by atoms with Crippen molar-refractivity contribution < 1.29 is 4.79 Å². The first-order valence-electron chi connectivity index (χ1n) is 9.11. The van der Waals surface area contributed by atoms with Crippen molar-refractivity contribution in [1.82, 2.24) is 9.97 Å². The average molecular weight is 366 g/mol. The second-order valence-corrected chi connectivity index (χ2v) is 7.65. The van der Waals surface area contributed by atoms with Crippen LogP contribution >= 0.6 is 11.3 Å². The van der Waals surface area contributed by atoms with Crippen LogP contribution in [0.5, 0.6) is 0 Å². The van der Waals surface area contributed by atoms with Crippen molar-refractivity contribution >= 4 is 39.0 Å². The summed E-state index contributed by atoms with van der Waals surface area (Å²) in [5.41, 5.74) is 2.13. The Bertz CT molecular complexity index is 936. The Hall–Kier alpha value is -2.47. The molecular formula is C20H22N4OS. The van der Waals surface area contributed by atoms with Gasteiger partial charge in [-0.3, -0.25) is 4.79 Å². The predicted molar refractivity (Wildman–Crippen MR) is 107 cm³/mol. The van der Waals surface area contributed by atoms with Crippen LogP contribution in [0.4, 0.5) is 11.5 Å². The smallest absolute Gasteiger partial charge is 0.226 e. The summed E-state index contributed by atoms with van der Waals surface area (Å²) in [5, 5.41) is 4.52. The van der Waals surface area contributed by atoms with E-state index in [0.29, 0.717) is 13.0 Å². The van der Waals surface area contributed by atoms with Gasteiger partial charge in [-0.25, -0.2) is 9.97 Å². The lowest BCUT2D eigenvalue weighted by Crippen LogP contribution is -2.35. The zero-order chi connectivity index (χ0) is 17.9. The van der Waals surface area contributed by atoms with E-state index in [9.17, 15) is 4.79 Å². The fourth-order valence-corrected chi connectivity index (χ4v) is 4.25. The van der Waals surface area contributed by atoms with Gasteiger partial charge in [0.05, 0.1) is 5.39 Å². The molecule has 1 N–H and O–H groups in total. The molecule has 1 aromatic carbocycles. The van der Waals surface area contributed by atoms with Crippen LogP contribution < -0.4 is 10.2 Å².